The lowest BCUT2D eigenvalue weighted by atomic mass is 9.90. The van der Waals surface area contributed by atoms with Crippen molar-refractivity contribution in [3.63, 3.8) is 0 Å². The highest BCUT2D eigenvalue weighted by atomic mass is 15.0. The number of benzene rings is 2. The zero-order valence-corrected chi connectivity index (χ0v) is 13.9. The van der Waals surface area contributed by atoms with E-state index in [0.29, 0.717) is 0 Å². The molecule has 2 heteroatoms. The van der Waals surface area contributed by atoms with Gasteiger partial charge in [0.05, 0.1) is 11.2 Å². The van der Waals surface area contributed by atoms with E-state index < -0.39 is 0 Å². The molecule has 0 saturated carbocycles. The molecule has 0 radical (unpaired) electrons. The van der Waals surface area contributed by atoms with E-state index in [0.717, 1.165) is 0 Å². The predicted molar refractivity (Wildman–Crippen MR) is 97.6 cm³/mol. The molecule has 1 aromatic heterocycles. The Morgan fingerprint density at radius 1 is 0.909 bits per heavy atom. The van der Waals surface area contributed by atoms with Crippen LogP contribution in [0.15, 0.2) is 42.5 Å². The van der Waals surface area contributed by atoms with Gasteiger partial charge in [0.1, 0.15) is 0 Å². The van der Waals surface area contributed by atoms with E-state index in [1.54, 1.807) is 0 Å². The third-order valence-corrected chi connectivity index (χ3v) is 4.58. The van der Waals surface area contributed by atoms with Gasteiger partial charge in [-0.3, -0.25) is 0 Å². The number of H-pyrrole nitrogens is 1. The molecule has 2 nitrogen and oxygen atoms in total. The third-order valence-electron chi connectivity index (χ3n) is 4.58. The van der Waals surface area contributed by atoms with Gasteiger partial charge in [-0.1, -0.05) is 57.0 Å². The average Bonchev–Trinajstić information content (AvgIpc) is 2.88. The molecular weight excluding hydrogens is 268 g/mol. The number of rotatable bonds is 6. The topological polar surface area (TPSA) is 27.8 Å². The molecular formula is C20H26N2. The molecule has 3 aromatic rings. The second-order valence-corrected chi connectivity index (χ2v) is 6.58. The molecule has 1 heterocycles. The van der Waals surface area contributed by atoms with Crippen molar-refractivity contribution < 1.29 is 0 Å². The summed E-state index contributed by atoms with van der Waals surface area (Å²) >= 11 is 0. The van der Waals surface area contributed by atoms with E-state index in [1.807, 2.05) is 0 Å². The van der Waals surface area contributed by atoms with Crippen LogP contribution in [0.4, 0.5) is 5.69 Å². The number of anilines is 1. The van der Waals surface area contributed by atoms with Gasteiger partial charge in [-0.25, -0.2) is 0 Å². The fourth-order valence-corrected chi connectivity index (χ4v) is 3.66. The summed E-state index contributed by atoms with van der Waals surface area (Å²) in [6, 6.07) is 15.1. The maximum atomic E-state index is 3.83. The van der Waals surface area contributed by atoms with Crippen molar-refractivity contribution in [1.29, 1.82) is 0 Å². The van der Waals surface area contributed by atoms with Gasteiger partial charge in [0.2, 0.25) is 0 Å². The minimum Gasteiger partial charge on any atom is -0.378 e. The molecule has 0 bridgehead atoms. The van der Waals surface area contributed by atoms with Crippen molar-refractivity contribution in [3.8, 4) is 0 Å². The van der Waals surface area contributed by atoms with E-state index in [-0.39, 0.29) is 5.54 Å². The second-order valence-electron chi connectivity index (χ2n) is 6.58. The Kier molecular flexibility index (Phi) is 4.10. The maximum Gasteiger partial charge on any atom is 0.0700 e. The molecule has 0 amide bonds. The van der Waals surface area contributed by atoms with Gasteiger partial charge in [0, 0.05) is 21.8 Å². The highest BCUT2D eigenvalue weighted by Gasteiger charge is 2.23. The van der Waals surface area contributed by atoms with Crippen LogP contribution in [0.5, 0.6) is 0 Å². The van der Waals surface area contributed by atoms with Crippen LogP contribution in [0.25, 0.3) is 21.8 Å². The van der Waals surface area contributed by atoms with Crippen molar-refractivity contribution in [2.24, 2.45) is 0 Å². The molecule has 0 unspecified atom stereocenters. The molecule has 0 aliphatic rings. The fraction of sp³-hybridized carbons (Fsp3) is 0.400. The molecule has 2 N–H and O–H groups in total. The van der Waals surface area contributed by atoms with Crippen molar-refractivity contribution in [3.05, 3.63) is 42.5 Å². The first-order chi connectivity index (χ1) is 10.7. The SMILES string of the molecule is CCCC(C)(CCC)Nc1cccc2c1[nH]c1ccccc12. The highest BCUT2D eigenvalue weighted by molar-refractivity contribution is 6.11. The van der Waals surface area contributed by atoms with Crippen molar-refractivity contribution in [2.75, 3.05) is 5.32 Å². The van der Waals surface area contributed by atoms with Crippen LogP contribution in [0.3, 0.4) is 0 Å². The molecule has 0 aliphatic heterocycles. The van der Waals surface area contributed by atoms with Crippen molar-refractivity contribution >= 4 is 27.5 Å². The largest absolute Gasteiger partial charge is 0.378 e. The van der Waals surface area contributed by atoms with Crippen molar-refractivity contribution in [1.82, 2.24) is 4.98 Å². The van der Waals surface area contributed by atoms with Gasteiger partial charge in [0.25, 0.3) is 0 Å². The standard InChI is InChI=1S/C20H26N2/c1-4-13-20(3,14-5-2)22-18-12-8-10-16-15-9-6-7-11-17(15)21-19(16)18/h6-12,21-22H,4-5,13-14H2,1-3H3. The number of aromatic nitrogens is 1. The molecule has 0 spiro atoms. The first-order valence-electron chi connectivity index (χ1n) is 8.44. The summed E-state index contributed by atoms with van der Waals surface area (Å²) < 4.78 is 0. The van der Waals surface area contributed by atoms with E-state index in [2.05, 4.69) is 73.5 Å². The Balaban J connectivity index is 2.07. The zero-order chi connectivity index (χ0) is 15.6. The molecule has 3 rings (SSSR count). The average molecular weight is 294 g/mol. The van der Waals surface area contributed by atoms with Gasteiger partial charge in [0.15, 0.2) is 0 Å². The molecule has 116 valence electrons. The second kappa shape index (κ2) is 6.04. The number of fused-ring (bicyclic) bond motifs is 3. The molecule has 22 heavy (non-hydrogen) atoms. The first kappa shape index (κ1) is 15.0. The Bertz CT molecular complexity index is 764. The Labute approximate surface area is 132 Å². The molecule has 0 atom stereocenters. The van der Waals surface area contributed by atoms with Gasteiger partial charge in [-0.15, -0.1) is 0 Å². The van der Waals surface area contributed by atoms with Crippen LogP contribution in [-0.4, -0.2) is 10.5 Å². The number of hydrogen-bond acceptors (Lipinski definition) is 1. The Hall–Kier alpha value is -1.96. The summed E-state index contributed by atoms with van der Waals surface area (Å²) in [6.45, 7) is 6.87. The fourth-order valence-electron chi connectivity index (χ4n) is 3.66. The summed E-state index contributed by atoms with van der Waals surface area (Å²) in [7, 11) is 0. The van der Waals surface area contributed by atoms with Crippen LogP contribution < -0.4 is 5.32 Å². The Morgan fingerprint density at radius 3 is 2.32 bits per heavy atom. The van der Waals surface area contributed by atoms with Crippen LogP contribution >= 0.6 is 0 Å². The van der Waals surface area contributed by atoms with Gasteiger partial charge < -0.3 is 10.3 Å². The lowest BCUT2D eigenvalue weighted by molar-refractivity contribution is 0.428. The van der Waals surface area contributed by atoms with E-state index >= 15 is 0 Å². The van der Waals surface area contributed by atoms with Crippen LogP contribution in [0.2, 0.25) is 0 Å². The molecule has 0 saturated heterocycles. The van der Waals surface area contributed by atoms with Crippen LogP contribution in [0.1, 0.15) is 46.5 Å². The number of aromatic amines is 1. The summed E-state index contributed by atoms with van der Waals surface area (Å²) in [5, 5.41) is 6.43. The van der Waals surface area contributed by atoms with Gasteiger partial charge in [-0.2, -0.15) is 0 Å². The summed E-state index contributed by atoms with van der Waals surface area (Å²) in [4.78, 5) is 3.59. The lowest BCUT2D eigenvalue weighted by Crippen LogP contribution is -2.34. The van der Waals surface area contributed by atoms with E-state index in [1.165, 1.54) is 53.2 Å². The van der Waals surface area contributed by atoms with E-state index in [4.69, 9.17) is 0 Å². The quantitative estimate of drug-likeness (QED) is 0.565. The van der Waals surface area contributed by atoms with Gasteiger partial charge in [-0.05, 0) is 31.9 Å². The number of nitrogens with one attached hydrogen (secondary N) is 2. The van der Waals surface area contributed by atoms with Gasteiger partial charge >= 0.3 is 0 Å². The smallest absolute Gasteiger partial charge is 0.0700 e. The summed E-state index contributed by atoms with van der Waals surface area (Å²) in [5.74, 6) is 0. The molecule has 0 aliphatic carbocycles. The van der Waals surface area contributed by atoms with E-state index in [9.17, 15) is 0 Å². The molecule has 0 fully saturated rings. The van der Waals surface area contributed by atoms with Crippen LogP contribution in [0, 0.1) is 0 Å². The zero-order valence-electron chi connectivity index (χ0n) is 13.9. The number of hydrogen-bond donors (Lipinski definition) is 2. The minimum absolute atomic E-state index is 0.162. The summed E-state index contributed by atoms with van der Waals surface area (Å²) in [5.41, 5.74) is 3.81. The lowest BCUT2D eigenvalue weighted by Gasteiger charge is -2.32. The third kappa shape index (κ3) is 2.70. The maximum absolute atomic E-state index is 3.83. The van der Waals surface area contributed by atoms with Crippen LogP contribution in [-0.2, 0) is 0 Å². The molecule has 2 aromatic carbocycles. The predicted octanol–water partition coefficient (Wildman–Crippen LogP) is 6.09. The highest BCUT2D eigenvalue weighted by Crippen LogP contribution is 2.33. The van der Waals surface area contributed by atoms with Crippen molar-refractivity contribution in [2.45, 2.75) is 52.0 Å². The monoisotopic (exact) mass is 294 g/mol. The normalized spacial score (nSPS) is 12.1. The number of para-hydroxylation sites is 2. The first-order valence-corrected chi connectivity index (χ1v) is 8.44. The minimum atomic E-state index is 0.162. The Morgan fingerprint density at radius 2 is 1.59 bits per heavy atom. The summed E-state index contributed by atoms with van der Waals surface area (Å²) in [6.07, 6.45) is 4.78.